The first-order valence-electron chi connectivity index (χ1n) is 8.17. The molecule has 4 rings (SSSR count). The lowest BCUT2D eigenvalue weighted by atomic mass is 10.0. The SMILES string of the molecule is CN(c1ncnc2[nH]c(F)cc12)C1CC2CN(C(=O)CO)CC2C1. The number of aliphatic hydroxyl groups excluding tert-OH is 1. The number of aliphatic hydroxyl groups is 1. The molecule has 2 aromatic heterocycles. The molecule has 2 fully saturated rings. The minimum atomic E-state index is -0.416. The number of halogens is 1. The van der Waals surface area contributed by atoms with E-state index in [1.165, 1.54) is 12.4 Å². The fraction of sp³-hybridized carbons (Fsp3) is 0.562. The van der Waals surface area contributed by atoms with Crippen molar-refractivity contribution >= 4 is 22.8 Å². The number of fused-ring (bicyclic) bond motifs is 2. The molecule has 2 aromatic rings. The molecule has 0 spiro atoms. The number of hydrogen-bond acceptors (Lipinski definition) is 5. The third-order valence-electron chi connectivity index (χ3n) is 5.47. The quantitative estimate of drug-likeness (QED) is 0.866. The monoisotopic (exact) mass is 333 g/mol. The molecule has 8 heteroatoms. The molecule has 3 heterocycles. The first-order valence-corrected chi connectivity index (χ1v) is 8.17. The summed E-state index contributed by atoms with van der Waals surface area (Å²) in [5.41, 5.74) is 0.502. The van der Waals surface area contributed by atoms with Crippen molar-refractivity contribution in [3.05, 3.63) is 18.3 Å². The number of carbonyl (C=O) groups excluding carboxylic acids is 1. The van der Waals surface area contributed by atoms with E-state index < -0.39 is 12.6 Å². The summed E-state index contributed by atoms with van der Waals surface area (Å²) in [5, 5.41) is 9.69. The van der Waals surface area contributed by atoms with Crippen molar-refractivity contribution in [3.63, 3.8) is 0 Å². The topological polar surface area (TPSA) is 85.4 Å². The number of rotatable bonds is 3. The van der Waals surface area contributed by atoms with Crippen LogP contribution >= 0.6 is 0 Å². The second-order valence-corrected chi connectivity index (χ2v) is 6.79. The highest BCUT2D eigenvalue weighted by molar-refractivity contribution is 5.87. The lowest BCUT2D eigenvalue weighted by Crippen LogP contribution is -2.35. The Bertz CT molecular complexity index is 765. The molecule has 2 unspecified atom stereocenters. The van der Waals surface area contributed by atoms with Gasteiger partial charge in [-0.3, -0.25) is 4.79 Å². The third-order valence-corrected chi connectivity index (χ3v) is 5.47. The maximum absolute atomic E-state index is 13.5. The van der Waals surface area contributed by atoms with Gasteiger partial charge in [-0.25, -0.2) is 9.97 Å². The van der Waals surface area contributed by atoms with Crippen LogP contribution in [-0.4, -0.2) is 63.7 Å². The Morgan fingerprint density at radius 2 is 2.12 bits per heavy atom. The van der Waals surface area contributed by atoms with Crippen LogP contribution in [0.2, 0.25) is 0 Å². The van der Waals surface area contributed by atoms with Gasteiger partial charge in [-0.15, -0.1) is 0 Å². The van der Waals surface area contributed by atoms with Gasteiger partial charge in [-0.2, -0.15) is 4.39 Å². The molecule has 1 aliphatic heterocycles. The second kappa shape index (κ2) is 5.70. The summed E-state index contributed by atoms with van der Waals surface area (Å²) in [6, 6.07) is 1.74. The van der Waals surface area contributed by atoms with Gasteiger partial charge in [-0.05, 0) is 24.7 Å². The Labute approximate surface area is 138 Å². The van der Waals surface area contributed by atoms with E-state index in [-0.39, 0.29) is 5.91 Å². The van der Waals surface area contributed by atoms with Gasteiger partial charge in [0.2, 0.25) is 5.91 Å². The van der Waals surface area contributed by atoms with E-state index in [2.05, 4.69) is 19.9 Å². The van der Waals surface area contributed by atoms with Crippen molar-refractivity contribution in [1.29, 1.82) is 0 Å². The normalized spacial score (nSPS) is 26.1. The van der Waals surface area contributed by atoms with Crippen LogP contribution in [-0.2, 0) is 4.79 Å². The van der Waals surface area contributed by atoms with Crippen molar-refractivity contribution in [3.8, 4) is 0 Å². The van der Waals surface area contributed by atoms with Gasteiger partial charge in [0, 0.05) is 32.2 Å². The maximum atomic E-state index is 13.5. The minimum Gasteiger partial charge on any atom is -0.387 e. The predicted octanol–water partition coefficient (Wildman–Crippen LogP) is 0.762. The van der Waals surface area contributed by atoms with E-state index in [0.717, 1.165) is 18.7 Å². The van der Waals surface area contributed by atoms with E-state index in [0.29, 0.717) is 42.0 Å². The van der Waals surface area contributed by atoms with Gasteiger partial charge in [0.25, 0.3) is 0 Å². The highest BCUT2D eigenvalue weighted by Gasteiger charge is 2.43. The molecule has 2 aliphatic rings. The van der Waals surface area contributed by atoms with Crippen molar-refractivity contribution < 1.29 is 14.3 Å². The lowest BCUT2D eigenvalue weighted by molar-refractivity contribution is -0.133. The Balaban J connectivity index is 1.51. The van der Waals surface area contributed by atoms with E-state index >= 15 is 0 Å². The average molecular weight is 333 g/mol. The van der Waals surface area contributed by atoms with Crippen LogP contribution in [0.25, 0.3) is 11.0 Å². The molecule has 2 atom stereocenters. The highest BCUT2D eigenvalue weighted by atomic mass is 19.1. The predicted molar refractivity (Wildman–Crippen MR) is 85.9 cm³/mol. The standard InChI is InChI=1S/C16H20FN5O2/c1-21(16-12-4-13(17)20-15(12)18-8-19-16)11-2-9-5-22(14(24)7-23)6-10(9)3-11/h4,8-11,23H,2-3,5-7H2,1H3,(H,18,19,20). The molecule has 0 aromatic carbocycles. The summed E-state index contributed by atoms with van der Waals surface area (Å²) in [5.74, 6) is 1.03. The number of H-pyrrole nitrogens is 1. The fourth-order valence-electron chi connectivity index (χ4n) is 4.24. The third kappa shape index (κ3) is 2.41. The largest absolute Gasteiger partial charge is 0.387 e. The molecule has 0 radical (unpaired) electrons. The molecular formula is C16H20FN5O2. The second-order valence-electron chi connectivity index (χ2n) is 6.79. The Hall–Kier alpha value is -2.22. The first-order chi connectivity index (χ1) is 11.6. The number of likely N-dealkylation sites (tertiary alicyclic amines) is 1. The van der Waals surface area contributed by atoms with Gasteiger partial charge >= 0.3 is 0 Å². The maximum Gasteiger partial charge on any atom is 0.248 e. The molecule has 0 bridgehead atoms. The zero-order valence-corrected chi connectivity index (χ0v) is 13.4. The van der Waals surface area contributed by atoms with Crippen LogP contribution in [0.1, 0.15) is 12.8 Å². The van der Waals surface area contributed by atoms with Gasteiger partial charge in [0.15, 0.2) is 5.95 Å². The molecule has 7 nitrogen and oxygen atoms in total. The van der Waals surface area contributed by atoms with Crippen LogP contribution in [0.5, 0.6) is 0 Å². The number of amides is 1. The minimum absolute atomic E-state index is 0.186. The molecule has 24 heavy (non-hydrogen) atoms. The Kier molecular flexibility index (Phi) is 3.64. The zero-order chi connectivity index (χ0) is 16.8. The fourth-order valence-corrected chi connectivity index (χ4v) is 4.24. The Morgan fingerprint density at radius 3 is 2.79 bits per heavy atom. The summed E-state index contributed by atoms with van der Waals surface area (Å²) in [6.45, 7) is 1.01. The number of carbonyl (C=O) groups is 1. The van der Waals surface area contributed by atoms with E-state index in [9.17, 15) is 9.18 Å². The first kappa shape index (κ1) is 15.3. The number of anilines is 1. The van der Waals surface area contributed by atoms with Gasteiger partial charge < -0.3 is 19.9 Å². The van der Waals surface area contributed by atoms with Crippen LogP contribution in [0.3, 0.4) is 0 Å². The van der Waals surface area contributed by atoms with E-state index in [1.807, 2.05) is 7.05 Å². The van der Waals surface area contributed by atoms with E-state index in [4.69, 9.17) is 5.11 Å². The number of nitrogens with zero attached hydrogens (tertiary/aromatic N) is 4. The van der Waals surface area contributed by atoms with Gasteiger partial charge in [0.05, 0.1) is 5.39 Å². The summed E-state index contributed by atoms with van der Waals surface area (Å²) in [4.78, 5) is 26.5. The molecular weight excluding hydrogens is 313 g/mol. The van der Waals surface area contributed by atoms with Crippen LogP contribution in [0.15, 0.2) is 12.4 Å². The Morgan fingerprint density at radius 1 is 1.42 bits per heavy atom. The summed E-state index contributed by atoms with van der Waals surface area (Å²) >= 11 is 0. The van der Waals surface area contributed by atoms with Gasteiger partial charge in [0.1, 0.15) is 24.4 Å². The van der Waals surface area contributed by atoms with Gasteiger partial charge in [-0.1, -0.05) is 0 Å². The molecule has 1 amide bonds. The average Bonchev–Trinajstić information content (AvgIpc) is 3.23. The lowest BCUT2D eigenvalue weighted by Gasteiger charge is -2.27. The van der Waals surface area contributed by atoms with Crippen LogP contribution in [0.4, 0.5) is 10.2 Å². The summed E-state index contributed by atoms with van der Waals surface area (Å²) < 4.78 is 13.5. The van der Waals surface area contributed by atoms with Crippen molar-refractivity contribution in [2.75, 3.05) is 31.6 Å². The molecule has 1 saturated heterocycles. The molecule has 1 saturated carbocycles. The molecule has 1 aliphatic carbocycles. The summed E-state index contributed by atoms with van der Waals surface area (Å²) in [6.07, 6.45) is 3.38. The van der Waals surface area contributed by atoms with Crippen LogP contribution < -0.4 is 4.90 Å². The molecule has 2 N–H and O–H groups in total. The van der Waals surface area contributed by atoms with Crippen LogP contribution in [0, 0.1) is 17.8 Å². The smallest absolute Gasteiger partial charge is 0.248 e. The number of hydrogen-bond donors (Lipinski definition) is 2. The number of aromatic amines is 1. The zero-order valence-electron chi connectivity index (χ0n) is 13.4. The molecule has 128 valence electrons. The van der Waals surface area contributed by atoms with E-state index in [1.54, 1.807) is 4.90 Å². The summed E-state index contributed by atoms with van der Waals surface area (Å²) in [7, 11) is 1.98. The number of aromatic nitrogens is 3. The van der Waals surface area contributed by atoms with Crippen molar-refractivity contribution in [2.24, 2.45) is 11.8 Å². The number of nitrogens with one attached hydrogen (secondary N) is 1. The highest BCUT2D eigenvalue weighted by Crippen LogP contribution is 2.41. The van der Waals surface area contributed by atoms with Crippen molar-refractivity contribution in [1.82, 2.24) is 19.9 Å². The van der Waals surface area contributed by atoms with Crippen molar-refractivity contribution in [2.45, 2.75) is 18.9 Å².